The largest absolute Gasteiger partial charge is 0.394 e. The van der Waals surface area contributed by atoms with Crippen LogP contribution in [0.2, 0.25) is 0 Å². The number of unbranched alkanes of at least 4 members (excludes halogenated alkanes) is 2. The Labute approximate surface area is 230 Å². The average Bonchev–Trinajstić information content (AvgIpc) is 2.87. The van der Waals surface area contributed by atoms with E-state index in [1.54, 1.807) is 7.11 Å². The van der Waals surface area contributed by atoms with Gasteiger partial charge in [0.15, 0.2) is 0 Å². The number of pyridine rings is 1. The van der Waals surface area contributed by atoms with Crippen molar-refractivity contribution >= 4 is 33.8 Å². The number of nitrogens with zero attached hydrogens (tertiary/aromatic N) is 3. The van der Waals surface area contributed by atoms with Crippen molar-refractivity contribution in [2.45, 2.75) is 66.9 Å². The average molecular weight is 529 g/mol. The molecule has 0 bridgehead atoms. The predicted molar refractivity (Wildman–Crippen MR) is 162 cm³/mol. The standard InChI is InChI=1S/C30H52N6O2/c1-8-9-10-13-33-27-24-18-23(11-12-25(24)34-28(32)26(27)31)36-16-14-35(15-17-36)19-29(3,4)20-38-21-30(5,6)22(2)37-7/h11-12,18,22H,8-10,13-17,19-21,31H2,1-7H3,(H3,32,33,34). The van der Waals surface area contributed by atoms with Gasteiger partial charge in [0.05, 0.1) is 36.2 Å². The quantitative estimate of drug-likeness (QED) is 0.287. The number of aromatic nitrogens is 1. The van der Waals surface area contributed by atoms with Crippen molar-refractivity contribution in [1.82, 2.24) is 9.88 Å². The second-order valence-corrected chi connectivity index (χ2v) is 12.4. The highest BCUT2D eigenvalue weighted by atomic mass is 16.5. The molecular formula is C30H52N6O2. The summed E-state index contributed by atoms with van der Waals surface area (Å²) in [5.41, 5.74) is 16.1. The van der Waals surface area contributed by atoms with Gasteiger partial charge in [0.25, 0.3) is 0 Å². The first-order chi connectivity index (χ1) is 18.0. The molecular weight excluding hydrogens is 476 g/mol. The monoisotopic (exact) mass is 528 g/mol. The first kappa shape index (κ1) is 30.3. The van der Waals surface area contributed by atoms with Gasteiger partial charge in [-0.05, 0) is 31.5 Å². The topological polar surface area (TPSA) is 102 Å². The van der Waals surface area contributed by atoms with Gasteiger partial charge in [0.2, 0.25) is 0 Å². The summed E-state index contributed by atoms with van der Waals surface area (Å²) in [5.74, 6) is 0.389. The Morgan fingerprint density at radius 2 is 1.76 bits per heavy atom. The molecule has 1 atom stereocenters. The van der Waals surface area contributed by atoms with Gasteiger partial charge in [-0.3, -0.25) is 4.90 Å². The number of benzene rings is 1. The zero-order valence-corrected chi connectivity index (χ0v) is 24.9. The fourth-order valence-electron chi connectivity index (χ4n) is 5.10. The number of rotatable bonds is 14. The van der Waals surface area contributed by atoms with Gasteiger partial charge in [-0.1, -0.05) is 47.5 Å². The third-order valence-electron chi connectivity index (χ3n) is 7.93. The Balaban J connectivity index is 1.59. The van der Waals surface area contributed by atoms with Crippen LogP contribution in [0.3, 0.4) is 0 Å². The number of ether oxygens (including phenoxy) is 2. The van der Waals surface area contributed by atoms with Crippen LogP contribution < -0.4 is 21.7 Å². The van der Waals surface area contributed by atoms with Crippen LogP contribution in [0, 0.1) is 10.8 Å². The molecule has 1 aliphatic heterocycles. The Bertz CT molecular complexity index is 1030. The van der Waals surface area contributed by atoms with Gasteiger partial charge in [0.1, 0.15) is 5.82 Å². The lowest BCUT2D eigenvalue weighted by atomic mass is 9.88. The molecule has 3 rings (SSSR count). The molecule has 2 heterocycles. The molecule has 1 saturated heterocycles. The van der Waals surface area contributed by atoms with E-state index in [0.717, 1.165) is 68.9 Å². The van der Waals surface area contributed by atoms with E-state index in [1.165, 1.54) is 18.5 Å². The van der Waals surface area contributed by atoms with Crippen LogP contribution in [0.1, 0.15) is 60.8 Å². The second-order valence-electron chi connectivity index (χ2n) is 12.4. The molecule has 0 amide bonds. The molecule has 1 aliphatic rings. The maximum atomic E-state index is 6.36. The molecule has 38 heavy (non-hydrogen) atoms. The van der Waals surface area contributed by atoms with Gasteiger partial charge in [0, 0.05) is 68.3 Å². The first-order valence-electron chi connectivity index (χ1n) is 14.3. The third-order valence-corrected chi connectivity index (χ3v) is 7.93. The molecule has 1 unspecified atom stereocenters. The molecule has 0 aliphatic carbocycles. The minimum Gasteiger partial charge on any atom is -0.394 e. The fourth-order valence-corrected chi connectivity index (χ4v) is 5.10. The highest BCUT2D eigenvalue weighted by molar-refractivity contribution is 6.02. The molecule has 0 saturated carbocycles. The van der Waals surface area contributed by atoms with Gasteiger partial charge >= 0.3 is 0 Å². The normalized spacial score (nSPS) is 16.2. The van der Waals surface area contributed by atoms with Crippen molar-refractivity contribution in [2.24, 2.45) is 10.8 Å². The number of nitrogens with two attached hydrogens (primary N) is 2. The zero-order chi connectivity index (χ0) is 27.9. The maximum absolute atomic E-state index is 6.36. The Hall–Kier alpha value is -2.29. The van der Waals surface area contributed by atoms with Crippen LogP contribution in [-0.4, -0.2) is 75.6 Å². The summed E-state index contributed by atoms with van der Waals surface area (Å²) >= 11 is 0. The summed E-state index contributed by atoms with van der Waals surface area (Å²) in [6, 6.07) is 6.44. The number of fused-ring (bicyclic) bond motifs is 1. The summed E-state index contributed by atoms with van der Waals surface area (Å²) in [5, 5.41) is 4.58. The SMILES string of the molecule is CCCCCNc1c(N)c(N)nc2ccc(N3CCN(CC(C)(C)COCC(C)(C)C(C)OC)CC3)cc12. The van der Waals surface area contributed by atoms with Gasteiger partial charge in [-0.2, -0.15) is 0 Å². The van der Waals surface area contributed by atoms with Crippen LogP contribution in [0.4, 0.5) is 22.9 Å². The van der Waals surface area contributed by atoms with Crippen LogP contribution in [0.15, 0.2) is 18.2 Å². The summed E-state index contributed by atoms with van der Waals surface area (Å²) in [6.07, 6.45) is 3.63. The van der Waals surface area contributed by atoms with Crippen LogP contribution >= 0.6 is 0 Å². The minimum atomic E-state index is -0.00684. The van der Waals surface area contributed by atoms with E-state index >= 15 is 0 Å². The van der Waals surface area contributed by atoms with Gasteiger partial charge in [-0.15, -0.1) is 0 Å². The molecule has 8 nitrogen and oxygen atoms in total. The molecule has 1 aromatic heterocycles. The van der Waals surface area contributed by atoms with E-state index in [9.17, 15) is 0 Å². The highest BCUT2D eigenvalue weighted by Gasteiger charge is 2.29. The molecule has 0 spiro atoms. The van der Waals surface area contributed by atoms with Crippen LogP contribution in [-0.2, 0) is 9.47 Å². The molecule has 1 aromatic carbocycles. The smallest absolute Gasteiger partial charge is 0.149 e. The van der Waals surface area contributed by atoms with E-state index < -0.39 is 0 Å². The van der Waals surface area contributed by atoms with Crippen molar-refractivity contribution < 1.29 is 9.47 Å². The van der Waals surface area contributed by atoms with E-state index in [2.05, 4.69) is 79.8 Å². The highest BCUT2D eigenvalue weighted by Crippen LogP contribution is 2.35. The number of hydrogen-bond donors (Lipinski definition) is 3. The molecule has 5 N–H and O–H groups in total. The fraction of sp³-hybridized carbons (Fsp3) is 0.700. The van der Waals surface area contributed by atoms with E-state index in [0.29, 0.717) is 18.1 Å². The molecule has 8 heteroatoms. The van der Waals surface area contributed by atoms with Crippen molar-refractivity contribution in [1.29, 1.82) is 0 Å². The Morgan fingerprint density at radius 3 is 2.42 bits per heavy atom. The van der Waals surface area contributed by atoms with Gasteiger partial charge < -0.3 is 31.2 Å². The lowest BCUT2D eigenvalue weighted by Crippen LogP contribution is -2.50. The Kier molecular flexibility index (Phi) is 10.5. The van der Waals surface area contributed by atoms with Crippen molar-refractivity contribution in [3.63, 3.8) is 0 Å². The number of anilines is 4. The van der Waals surface area contributed by atoms with E-state index in [-0.39, 0.29) is 16.9 Å². The number of nitrogens with one attached hydrogen (secondary N) is 1. The van der Waals surface area contributed by atoms with Gasteiger partial charge in [-0.25, -0.2) is 4.98 Å². The minimum absolute atomic E-state index is 0.00684. The molecule has 1 fully saturated rings. The number of nitrogen functional groups attached to an aromatic ring is 2. The van der Waals surface area contributed by atoms with E-state index in [1.807, 2.05) is 0 Å². The summed E-state index contributed by atoms with van der Waals surface area (Å²) in [6.45, 7) is 20.7. The first-order valence-corrected chi connectivity index (χ1v) is 14.3. The van der Waals surface area contributed by atoms with Crippen molar-refractivity contribution in [3.8, 4) is 0 Å². The molecule has 0 radical (unpaired) electrons. The van der Waals surface area contributed by atoms with Crippen LogP contribution in [0.25, 0.3) is 10.9 Å². The number of hydrogen-bond acceptors (Lipinski definition) is 8. The lowest BCUT2D eigenvalue weighted by Gasteiger charge is -2.40. The third kappa shape index (κ3) is 7.87. The Morgan fingerprint density at radius 1 is 1.05 bits per heavy atom. The molecule has 2 aromatic rings. The summed E-state index contributed by atoms with van der Waals surface area (Å²) in [4.78, 5) is 9.56. The predicted octanol–water partition coefficient (Wildman–Crippen LogP) is 5.23. The van der Waals surface area contributed by atoms with Crippen LogP contribution in [0.5, 0.6) is 0 Å². The maximum Gasteiger partial charge on any atom is 0.149 e. The number of piperazine rings is 1. The van der Waals surface area contributed by atoms with Crippen molar-refractivity contribution in [2.75, 3.05) is 81.3 Å². The second kappa shape index (κ2) is 13.2. The van der Waals surface area contributed by atoms with Crippen molar-refractivity contribution in [3.05, 3.63) is 18.2 Å². The lowest BCUT2D eigenvalue weighted by molar-refractivity contribution is -0.0557. The zero-order valence-electron chi connectivity index (χ0n) is 24.9. The van der Waals surface area contributed by atoms with E-state index in [4.69, 9.17) is 20.9 Å². The summed E-state index contributed by atoms with van der Waals surface area (Å²) in [7, 11) is 1.76. The summed E-state index contributed by atoms with van der Waals surface area (Å²) < 4.78 is 11.7. The molecule has 214 valence electrons. The number of methoxy groups -OCH3 is 1.